The van der Waals surface area contributed by atoms with E-state index in [1.54, 1.807) is 6.33 Å². The van der Waals surface area contributed by atoms with Crippen molar-refractivity contribution in [3.05, 3.63) is 24.0 Å². The highest BCUT2D eigenvalue weighted by molar-refractivity contribution is 5.51. The first-order valence-electron chi connectivity index (χ1n) is 5.79. The Hall–Kier alpha value is -1.58. The number of aromatic nitrogens is 3. The van der Waals surface area contributed by atoms with E-state index in [2.05, 4.69) is 35.3 Å². The molecule has 1 saturated carbocycles. The van der Waals surface area contributed by atoms with Crippen LogP contribution < -0.4 is 5.32 Å². The second-order valence-electron chi connectivity index (χ2n) is 4.87. The van der Waals surface area contributed by atoms with E-state index in [0.29, 0.717) is 6.04 Å². The molecule has 84 valence electrons. The summed E-state index contributed by atoms with van der Waals surface area (Å²) in [6, 6.07) is 4.77. The summed E-state index contributed by atoms with van der Waals surface area (Å²) in [5.74, 6) is 1.91. The van der Waals surface area contributed by atoms with Crippen LogP contribution in [0.3, 0.4) is 0 Å². The molecule has 2 aromatic rings. The molecule has 4 heteroatoms. The summed E-state index contributed by atoms with van der Waals surface area (Å²) in [7, 11) is 0. The molecular formula is C12H16N4. The fraction of sp³-hybridized carbons (Fsp3) is 0.500. The largest absolute Gasteiger partial charge is 0.367 e. The van der Waals surface area contributed by atoms with Crippen molar-refractivity contribution in [2.24, 2.45) is 5.92 Å². The van der Waals surface area contributed by atoms with Crippen LogP contribution in [0.25, 0.3) is 5.65 Å². The molecule has 0 spiro atoms. The van der Waals surface area contributed by atoms with Crippen LogP contribution in [0.4, 0.5) is 5.82 Å². The Morgan fingerprint density at radius 3 is 2.94 bits per heavy atom. The molecule has 1 aliphatic rings. The lowest BCUT2D eigenvalue weighted by Crippen LogP contribution is -2.34. The number of rotatable bonds is 2. The molecule has 0 atom stereocenters. The molecule has 0 radical (unpaired) electrons. The van der Waals surface area contributed by atoms with Gasteiger partial charge >= 0.3 is 0 Å². The second kappa shape index (κ2) is 3.47. The smallest absolute Gasteiger partial charge is 0.157 e. The highest BCUT2D eigenvalue weighted by Crippen LogP contribution is 2.29. The minimum atomic E-state index is 0.601. The summed E-state index contributed by atoms with van der Waals surface area (Å²) in [6.45, 7) is 4.38. The number of aryl methyl sites for hydroxylation is 1. The summed E-state index contributed by atoms with van der Waals surface area (Å²) in [5.41, 5.74) is 2.13. The van der Waals surface area contributed by atoms with Gasteiger partial charge in [0.05, 0.1) is 0 Å². The van der Waals surface area contributed by atoms with Crippen LogP contribution in [0.2, 0.25) is 0 Å². The Labute approximate surface area is 94.7 Å². The van der Waals surface area contributed by atoms with Crippen LogP contribution in [0.5, 0.6) is 0 Å². The van der Waals surface area contributed by atoms with Crippen LogP contribution in [0.1, 0.15) is 25.3 Å². The van der Waals surface area contributed by atoms with Crippen molar-refractivity contribution < 1.29 is 0 Å². The minimum absolute atomic E-state index is 0.601. The van der Waals surface area contributed by atoms with Gasteiger partial charge in [0, 0.05) is 6.04 Å². The zero-order chi connectivity index (χ0) is 11.1. The molecule has 2 heterocycles. The molecule has 0 saturated heterocycles. The molecular weight excluding hydrogens is 200 g/mol. The van der Waals surface area contributed by atoms with E-state index in [9.17, 15) is 0 Å². The topological polar surface area (TPSA) is 42.2 Å². The maximum atomic E-state index is 4.23. The third-order valence-corrected chi connectivity index (χ3v) is 3.25. The number of anilines is 1. The van der Waals surface area contributed by atoms with Crippen LogP contribution in [-0.4, -0.2) is 20.6 Å². The normalized spacial score (nSPS) is 24.4. The molecule has 4 nitrogen and oxygen atoms in total. The van der Waals surface area contributed by atoms with Gasteiger partial charge in [-0.05, 0) is 43.4 Å². The molecule has 0 unspecified atom stereocenters. The van der Waals surface area contributed by atoms with Gasteiger partial charge in [0.25, 0.3) is 0 Å². The number of pyridine rings is 1. The van der Waals surface area contributed by atoms with Gasteiger partial charge in [0.15, 0.2) is 5.65 Å². The Morgan fingerprint density at radius 1 is 1.38 bits per heavy atom. The maximum absolute atomic E-state index is 4.23. The van der Waals surface area contributed by atoms with Gasteiger partial charge in [-0.25, -0.2) is 4.98 Å². The van der Waals surface area contributed by atoms with Gasteiger partial charge in [0.2, 0.25) is 0 Å². The zero-order valence-corrected chi connectivity index (χ0v) is 9.64. The van der Waals surface area contributed by atoms with Gasteiger partial charge in [-0.3, -0.25) is 0 Å². The molecule has 1 fully saturated rings. The van der Waals surface area contributed by atoms with Gasteiger partial charge in [-0.1, -0.05) is 6.92 Å². The molecule has 3 rings (SSSR count). The number of fused-ring (bicyclic) bond motifs is 1. The monoisotopic (exact) mass is 216 g/mol. The van der Waals surface area contributed by atoms with Gasteiger partial charge in [0.1, 0.15) is 12.1 Å². The van der Waals surface area contributed by atoms with Gasteiger partial charge < -0.3 is 5.32 Å². The number of nitrogens with one attached hydrogen (secondary N) is 1. The zero-order valence-electron chi connectivity index (χ0n) is 9.64. The number of hydrogen-bond donors (Lipinski definition) is 1. The number of nitrogens with zero attached hydrogens (tertiary/aromatic N) is 3. The van der Waals surface area contributed by atoms with Crippen molar-refractivity contribution in [3.63, 3.8) is 0 Å². The highest BCUT2D eigenvalue weighted by Gasteiger charge is 2.25. The van der Waals surface area contributed by atoms with E-state index in [1.807, 2.05) is 10.6 Å². The Kier molecular flexibility index (Phi) is 2.09. The molecule has 16 heavy (non-hydrogen) atoms. The minimum Gasteiger partial charge on any atom is -0.367 e. The second-order valence-corrected chi connectivity index (χ2v) is 4.87. The summed E-state index contributed by atoms with van der Waals surface area (Å²) < 4.78 is 1.87. The molecule has 0 bridgehead atoms. The first-order chi connectivity index (χ1) is 7.72. The molecule has 0 aliphatic heterocycles. The highest BCUT2D eigenvalue weighted by atomic mass is 15.3. The van der Waals surface area contributed by atoms with Crippen LogP contribution in [0.15, 0.2) is 18.5 Å². The van der Waals surface area contributed by atoms with Crippen LogP contribution >= 0.6 is 0 Å². The third-order valence-electron chi connectivity index (χ3n) is 3.25. The number of hydrogen-bond acceptors (Lipinski definition) is 3. The lowest BCUT2D eigenvalue weighted by Gasteiger charge is -2.34. The quantitative estimate of drug-likeness (QED) is 0.837. The molecule has 0 aromatic carbocycles. The predicted molar refractivity (Wildman–Crippen MR) is 63.5 cm³/mol. The van der Waals surface area contributed by atoms with E-state index in [0.717, 1.165) is 17.4 Å². The van der Waals surface area contributed by atoms with Crippen LogP contribution in [-0.2, 0) is 0 Å². The summed E-state index contributed by atoms with van der Waals surface area (Å²) in [4.78, 5) is 4.22. The lowest BCUT2D eigenvalue weighted by molar-refractivity contribution is 0.308. The fourth-order valence-corrected chi connectivity index (χ4v) is 2.39. The average molecular weight is 216 g/mol. The Morgan fingerprint density at radius 2 is 2.19 bits per heavy atom. The molecule has 2 aromatic heterocycles. The first kappa shape index (κ1) is 9.63. The molecule has 0 amide bonds. The third kappa shape index (κ3) is 1.54. The van der Waals surface area contributed by atoms with E-state index < -0.39 is 0 Å². The Balaban J connectivity index is 1.92. The van der Waals surface area contributed by atoms with Crippen molar-refractivity contribution in [1.82, 2.24) is 14.6 Å². The average Bonchev–Trinajstić information content (AvgIpc) is 2.62. The summed E-state index contributed by atoms with van der Waals surface area (Å²) >= 11 is 0. The molecule has 1 aliphatic carbocycles. The first-order valence-corrected chi connectivity index (χ1v) is 5.79. The maximum Gasteiger partial charge on any atom is 0.157 e. The van der Waals surface area contributed by atoms with E-state index in [-0.39, 0.29) is 0 Å². The fourth-order valence-electron chi connectivity index (χ4n) is 2.39. The predicted octanol–water partition coefficient (Wildman–Crippen LogP) is 2.25. The Bertz CT molecular complexity index is 511. The van der Waals surface area contributed by atoms with Gasteiger partial charge in [-0.15, -0.1) is 0 Å². The van der Waals surface area contributed by atoms with E-state index >= 15 is 0 Å². The summed E-state index contributed by atoms with van der Waals surface area (Å²) in [6.07, 6.45) is 4.11. The lowest BCUT2D eigenvalue weighted by atomic mass is 9.82. The van der Waals surface area contributed by atoms with Gasteiger partial charge in [-0.2, -0.15) is 9.61 Å². The SMILES string of the molecule is Cc1cc(NC2CC(C)C2)n2ncnc2c1. The van der Waals surface area contributed by atoms with Crippen LogP contribution in [0, 0.1) is 12.8 Å². The van der Waals surface area contributed by atoms with Crippen molar-refractivity contribution >= 4 is 11.5 Å². The van der Waals surface area contributed by atoms with Crippen molar-refractivity contribution in [3.8, 4) is 0 Å². The van der Waals surface area contributed by atoms with E-state index in [4.69, 9.17) is 0 Å². The molecule has 1 N–H and O–H groups in total. The van der Waals surface area contributed by atoms with Crippen molar-refractivity contribution in [2.75, 3.05) is 5.32 Å². The van der Waals surface area contributed by atoms with E-state index in [1.165, 1.54) is 18.4 Å². The summed E-state index contributed by atoms with van der Waals surface area (Å²) in [5, 5.41) is 7.77. The van der Waals surface area contributed by atoms with Crippen molar-refractivity contribution in [2.45, 2.75) is 32.7 Å². The standard InChI is InChI=1S/C12H16N4/c1-8-3-10(4-8)15-12-6-9(2)5-11-13-7-14-16(11)12/h5-8,10,15H,3-4H2,1-2H3. The van der Waals surface area contributed by atoms with Crippen molar-refractivity contribution in [1.29, 1.82) is 0 Å².